The van der Waals surface area contributed by atoms with Crippen LogP contribution in [0.4, 0.5) is 4.39 Å². The van der Waals surface area contributed by atoms with E-state index in [9.17, 15) is 9.18 Å². The van der Waals surface area contributed by atoms with Gasteiger partial charge in [-0.1, -0.05) is 12.1 Å². The van der Waals surface area contributed by atoms with E-state index >= 15 is 0 Å². The van der Waals surface area contributed by atoms with Crippen molar-refractivity contribution in [3.8, 4) is 0 Å². The molecule has 1 aromatic rings. The Morgan fingerprint density at radius 1 is 1.50 bits per heavy atom. The molecule has 1 heterocycles. The van der Waals surface area contributed by atoms with Gasteiger partial charge in [-0.05, 0) is 25.5 Å². The van der Waals surface area contributed by atoms with Gasteiger partial charge in [0, 0.05) is 25.7 Å². The molecule has 1 saturated heterocycles. The van der Waals surface area contributed by atoms with E-state index in [0.717, 1.165) is 13.1 Å². The van der Waals surface area contributed by atoms with Gasteiger partial charge < -0.3 is 10.2 Å². The van der Waals surface area contributed by atoms with Crippen molar-refractivity contribution in [3.63, 3.8) is 0 Å². The summed E-state index contributed by atoms with van der Waals surface area (Å²) in [5, 5.41) is 3.21. The molecule has 0 aliphatic carbocycles. The third-order valence-corrected chi connectivity index (χ3v) is 3.18. The van der Waals surface area contributed by atoms with E-state index < -0.39 is 5.82 Å². The minimum Gasteiger partial charge on any atom is -0.333 e. The van der Waals surface area contributed by atoms with Crippen molar-refractivity contribution in [1.29, 1.82) is 0 Å². The lowest BCUT2D eigenvalue weighted by Gasteiger charge is -2.34. The lowest BCUT2D eigenvalue weighted by atomic mass is 10.1. The average Bonchev–Trinajstić information content (AvgIpc) is 2.32. The smallest absolute Gasteiger partial charge is 0.257 e. The maximum Gasteiger partial charge on any atom is 0.257 e. The number of hydrogen-bond acceptors (Lipinski definition) is 2. The van der Waals surface area contributed by atoms with Gasteiger partial charge in [0.1, 0.15) is 5.82 Å². The van der Waals surface area contributed by atoms with Crippen molar-refractivity contribution in [2.75, 3.05) is 19.6 Å². The Bertz CT molecular complexity index is 439. The van der Waals surface area contributed by atoms with Crippen molar-refractivity contribution < 1.29 is 9.18 Å². The van der Waals surface area contributed by atoms with Gasteiger partial charge in [-0.2, -0.15) is 0 Å². The molecular formula is C13H18ClFN2O. The molecule has 3 nitrogen and oxygen atoms in total. The molecule has 0 saturated carbocycles. The highest BCUT2D eigenvalue weighted by atomic mass is 35.5. The molecule has 1 N–H and O–H groups in total. The zero-order valence-corrected chi connectivity index (χ0v) is 11.4. The van der Waals surface area contributed by atoms with E-state index in [2.05, 4.69) is 5.32 Å². The Kier molecular flexibility index (Phi) is 5.11. The highest BCUT2D eigenvalue weighted by molar-refractivity contribution is 5.95. The van der Waals surface area contributed by atoms with Crippen LogP contribution in [0, 0.1) is 12.7 Å². The van der Waals surface area contributed by atoms with Gasteiger partial charge in [0.15, 0.2) is 0 Å². The van der Waals surface area contributed by atoms with Gasteiger partial charge in [0.25, 0.3) is 5.91 Å². The number of piperazine rings is 1. The molecule has 5 heteroatoms. The highest BCUT2D eigenvalue weighted by Crippen LogP contribution is 2.16. The summed E-state index contributed by atoms with van der Waals surface area (Å²) in [5.74, 6) is -0.608. The molecule has 0 aromatic heterocycles. The van der Waals surface area contributed by atoms with Crippen LogP contribution in [0.2, 0.25) is 0 Å². The summed E-state index contributed by atoms with van der Waals surface area (Å²) in [7, 11) is 0. The number of hydrogen-bond donors (Lipinski definition) is 1. The number of benzene rings is 1. The summed E-state index contributed by atoms with van der Waals surface area (Å²) in [4.78, 5) is 14.0. The van der Waals surface area contributed by atoms with E-state index in [0.29, 0.717) is 12.1 Å². The zero-order valence-electron chi connectivity index (χ0n) is 10.6. The molecule has 0 radical (unpaired) electrons. The monoisotopic (exact) mass is 272 g/mol. The van der Waals surface area contributed by atoms with E-state index in [1.54, 1.807) is 30.0 Å². The Morgan fingerprint density at radius 3 is 2.89 bits per heavy atom. The van der Waals surface area contributed by atoms with Gasteiger partial charge in [0.05, 0.1) is 5.56 Å². The molecule has 0 bridgehead atoms. The van der Waals surface area contributed by atoms with Gasteiger partial charge >= 0.3 is 0 Å². The Morgan fingerprint density at radius 2 is 2.22 bits per heavy atom. The molecule has 1 aliphatic rings. The second-order valence-corrected chi connectivity index (χ2v) is 4.49. The largest absolute Gasteiger partial charge is 0.333 e. The number of halogens is 2. The Balaban J connectivity index is 0.00000162. The first-order chi connectivity index (χ1) is 8.11. The fourth-order valence-electron chi connectivity index (χ4n) is 2.11. The summed E-state index contributed by atoms with van der Waals surface area (Å²) in [5.41, 5.74) is 0.692. The standard InChI is InChI=1S/C13H17FN2O.ClH/c1-9-4-3-5-11(12(9)14)13(17)16-7-6-15-8-10(16)2;/h3-5,10,15H,6-8H2,1-2H3;1H/t10-;/m0./s1. The molecule has 18 heavy (non-hydrogen) atoms. The molecule has 0 unspecified atom stereocenters. The first-order valence-electron chi connectivity index (χ1n) is 5.88. The minimum atomic E-state index is -0.400. The fourth-order valence-corrected chi connectivity index (χ4v) is 2.11. The van der Waals surface area contributed by atoms with Crippen molar-refractivity contribution >= 4 is 18.3 Å². The third kappa shape index (κ3) is 2.82. The number of aryl methyl sites for hydroxylation is 1. The van der Waals surface area contributed by atoms with Crippen LogP contribution in [0.15, 0.2) is 18.2 Å². The summed E-state index contributed by atoms with van der Waals surface area (Å²) in [6.07, 6.45) is 0. The Hall–Kier alpha value is -1.13. The van der Waals surface area contributed by atoms with E-state index in [1.165, 1.54) is 0 Å². The van der Waals surface area contributed by atoms with Crippen LogP contribution in [0.5, 0.6) is 0 Å². The molecule has 100 valence electrons. The van der Waals surface area contributed by atoms with Crippen LogP contribution in [-0.4, -0.2) is 36.5 Å². The fraction of sp³-hybridized carbons (Fsp3) is 0.462. The number of rotatable bonds is 1. The maximum atomic E-state index is 13.9. The molecule has 1 fully saturated rings. The molecule has 1 amide bonds. The van der Waals surface area contributed by atoms with Crippen LogP contribution in [0.3, 0.4) is 0 Å². The maximum absolute atomic E-state index is 13.9. The first-order valence-corrected chi connectivity index (χ1v) is 5.88. The van der Waals surface area contributed by atoms with Crippen LogP contribution >= 0.6 is 12.4 Å². The van der Waals surface area contributed by atoms with Crippen LogP contribution in [0.1, 0.15) is 22.8 Å². The summed E-state index contributed by atoms with van der Waals surface area (Å²) < 4.78 is 13.9. The van der Waals surface area contributed by atoms with Crippen molar-refractivity contribution in [1.82, 2.24) is 10.2 Å². The van der Waals surface area contributed by atoms with Crippen molar-refractivity contribution in [2.45, 2.75) is 19.9 Å². The van der Waals surface area contributed by atoms with Crippen molar-refractivity contribution in [2.24, 2.45) is 0 Å². The number of nitrogens with zero attached hydrogens (tertiary/aromatic N) is 1. The number of amides is 1. The molecule has 2 rings (SSSR count). The average molecular weight is 273 g/mol. The van der Waals surface area contributed by atoms with Gasteiger partial charge in [-0.3, -0.25) is 4.79 Å². The normalized spacial score (nSPS) is 19.3. The van der Waals surface area contributed by atoms with Gasteiger partial charge in [-0.15, -0.1) is 12.4 Å². The highest BCUT2D eigenvalue weighted by Gasteiger charge is 2.26. The van der Waals surface area contributed by atoms with Crippen LogP contribution < -0.4 is 5.32 Å². The topological polar surface area (TPSA) is 32.3 Å². The van der Waals surface area contributed by atoms with Gasteiger partial charge in [-0.25, -0.2) is 4.39 Å². The lowest BCUT2D eigenvalue weighted by Crippen LogP contribution is -2.52. The minimum absolute atomic E-state index is 0. The van der Waals surface area contributed by atoms with Crippen molar-refractivity contribution in [3.05, 3.63) is 35.1 Å². The predicted octanol–water partition coefficient (Wildman–Crippen LogP) is 1.99. The molecule has 0 spiro atoms. The quantitative estimate of drug-likeness (QED) is 0.848. The van der Waals surface area contributed by atoms with Crippen LogP contribution in [0.25, 0.3) is 0 Å². The molecule has 1 atom stereocenters. The molecule has 1 aromatic carbocycles. The van der Waals surface area contributed by atoms with E-state index in [1.807, 2.05) is 6.92 Å². The lowest BCUT2D eigenvalue weighted by molar-refractivity contribution is 0.0651. The Labute approximate surface area is 113 Å². The predicted molar refractivity (Wildman–Crippen MR) is 71.8 cm³/mol. The number of carbonyl (C=O) groups is 1. The van der Waals surface area contributed by atoms with E-state index in [-0.39, 0.29) is 29.9 Å². The second kappa shape index (κ2) is 6.16. The number of carbonyl (C=O) groups excluding carboxylic acids is 1. The summed E-state index contributed by atoms with van der Waals surface area (Å²) in [6.45, 7) is 5.81. The van der Waals surface area contributed by atoms with E-state index in [4.69, 9.17) is 0 Å². The zero-order chi connectivity index (χ0) is 12.4. The first kappa shape index (κ1) is 14.9. The third-order valence-electron chi connectivity index (χ3n) is 3.18. The molecular weight excluding hydrogens is 255 g/mol. The SMILES string of the molecule is Cc1cccc(C(=O)N2CCNC[C@@H]2C)c1F.Cl. The second-order valence-electron chi connectivity index (χ2n) is 4.49. The summed E-state index contributed by atoms with van der Waals surface area (Å²) >= 11 is 0. The van der Waals surface area contributed by atoms with Gasteiger partial charge in [0.2, 0.25) is 0 Å². The summed E-state index contributed by atoms with van der Waals surface area (Å²) in [6, 6.07) is 5.06. The number of nitrogens with one attached hydrogen (secondary N) is 1. The molecule has 1 aliphatic heterocycles. The van der Waals surface area contributed by atoms with Crippen LogP contribution in [-0.2, 0) is 0 Å².